The van der Waals surface area contributed by atoms with E-state index < -0.39 is 0 Å². The first-order valence-electron chi connectivity index (χ1n) is 6.27. The van der Waals surface area contributed by atoms with E-state index in [0.717, 1.165) is 5.56 Å². The normalized spacial score (nSPS) is 12.1. The van der Waals surface area contributed by atoms with Crippen LogP contribution in [0.4, 0.5) is 0 Å². The van der Waals surface area contributed by atoms with Crippen molar-refractivity contribution >= 4 is 5.91 Å². The van der Waals surface area contributed by atoms with Gasteiger partial charge in [-0.05, 0) is 24.1 Å². The number of hydrogen-bond acceptors (Lipinski definition) is 2. The Hall–Kier alpha value is -2.07. The molecule has 1 aromatic heterocycles. The lowest BCUT2D eigenvalue weighted by Crippen LogP contribution is -2.39. The first-order chi connectivity index (χ1) is 9.20. The van der Waals surface area contributed by atoms with Crippen molar-refractivity contribution in [2.24, 2.45) is 7.05 Å². The van der Waals surface area contributed by atoms with Gasteiger partial charge in [0.25, 0.3) is 5.91 Å². The first-order valence-corrected chi connectivity index (χ1v) is 6.27. The number of hydrogen-bond donors (Lipinski definition) is 2. The fourth-order valence-electron chi connectivity index (χ4n) is 2.02. The van der Waals surface area contributed by atoms with Crippen LogP contribution in [0.15, 0.2) is 48.7 Å². The molecular weight excluding hydrogens is 240 g/mol. The number of aryl methyl sites for hydroxylation is 1. The number of benzene rings is 1. The Labute approximate surface area is 112 Å². The Bertz CT molecular complexity index is 534. The van der Waals surface area contributed by atoms with Crippen LogP contribution < -0.4 is 5.32 Å². The zero-order chi connectivity index (χ0) is 13.7. The molecule has 0 aliphatic rings. The highest BCUT2D eigenvalue weighted by Crippen LogP contribution is 2.05. The lowest BCUT2D eigenvalue weighted by Gasteiger charge is -2.16. The third-order valence-corrected chi connectivity index (χ3v) is 3.06. The van der Waals surface area contributed by atoms with Crippen LogP contribution >= 0.6 is 0 Å². The molecule has 0 spiro atoms. The van der Waals surface area contributed by atoms with Gasteiger partial charge in [-0.2, -0.15) is 0 Å². The molecule has 1 aromatic carbocycles. The third kappa shape index (κ3) is 3.45. The second-order valence-corrected chi connectivity index (χ2v) is 4.55. The molecule has 0 fully saturated rings. The van der Waals surface area contributed by atoms with Gasteiger partial charge in [0.05, 0.1) is 12.6 Å². The van der Waals surface area contributed by atoms with E-state index in [1.165, 1.54) is 0 Å². The van der Waals surface area contributed by atoms with E-state index in [1.807, 2.05) is 49.6 Å². The quantitative estimate of drug-likeness (QED) is 0.850. The van der Waals surface area contributed by atoms with Crippen molar-refractivity contribution in [1.82, 2.24) is 9.88 Å². The van der Waals surface area contributed by atoms with Gasteiger partial charge in [0.2, 0.25) is 0 Å². The lowest BCUT2D eigenvalue weighted by atomic mass is 10.1. The van der Waals surface area contributed by atoms with E-state index in [1.54, 1.807) is 10.6 Å². The summed E-state index contributed by atoms with van der Waals surface area (Å²) in [7, 11) is 1.82. The van der Waals surface area contributed by atoms with Crippen LogP contribution in [0.25, 0.3) is 0 Å². The van der Waals surface area contributed by atoms with Crippen LogP contribution in [-0.4, -0.2) is 28.2 Å². The van der Waals surface area contributed by atoms with Crippen molar-refractivity contribution in [3.05, 3.63) is 59.9 Å². The zero-order valence-corrected chi connectivity index (χ0v) is 10.9. The van der Waals surface area contributed by atoms with E-state index in [2.05, 4.69) is 5.32 Å². The molecule has 1 atom stereocenters. The number of nitrogens with one attached hydrogen (secondary N) is 1. The molecule has 1 amide bonds. The van der Waals surface area contributed by atoms with Crippen LogP contribution in [0.1, 0.15) is 16.1 Å². The molecule has 0 aliphatic carbocycles. The van der Waals surface area contributed by atoms with Crippen LogP contribution in [0.3, 0.4) is 0 Å². The lowest BCUT2D eigenvalue weighted by molar-refractivity contribution is 0.0908. The largest absolute Gasteiger partial charge is 0.394 e. The van der Waals surface area contributed by atoms with Gasteiger partial charge in [-0.1, -0.05) is 30.3 Å². The Kier molecular flexibility index (Phi) is 4.36. The van der Waals surface area contributed by atoms with Gasteiger partial charge in [-0.25, -0.2) is 0 Å². The van der Waals surface area contributed by atoms with E-state index in [4.69, 9.17) is 0 Å². The second-order valence-electron chi connectivity index (χ2n) is 4.55. The molecule has 4 heteroatoms. The summed E-state index contributed by atoms with van der Waals surface area (Å²) >= 11 is 0. The van der Waals surface area contributed by atoms with E-state index >= 15 is 0 Å². The molecule has 0 bridgehead atoms. The molecular formula is C15H18N2O2. The third-order valence-electron chi connectivity index (χ3n) is 3.06. The highest BCUT2D eigenvalue weighted by molar-refractivity contribution is 5.92. The fourth-order valence-corrected chi connectivity index (χ4v) is 2.02. The van der Waals surface area contributed by atoms with Gasteiger partial charge in [0.15, 0.2) is 0 Å². The number of carbonyl (C=O) groups excluding carboxylic acids is 1. The number of amides is 1. The molecule has 4 nitrogen and oxygen atoms in total. The summed E-state index contributed by atoms with van der Waals surface area (Å²) in [5.41, 5.74) is 1.68. The SMILES string of the molecule is Cn1cccc1C(=O)N[C@H](CO)Cc1ccccc1. The van der Waals surface area contributed by atoms with Crippen LogP contribution in [0.5, 0.6) is 0 Å². The Morgan fingerprint density at radius 1 is 1.26 bits per heavy atom. The summed E-state index contributed by atoms with van der Waals surface area (Å²) in [6.07, 6.45) is 2.44. The number of carbonyl (C=O) groups is 1. The summed E-state index contributed by atoms with van der Waals surface area (Å²) in [6, 6.07) is 13.1. The van der Waals surface area contributed by atoms with Crippen molar-refractivity contribution in [3.8, 4) is 0 Å². The summed E-state index contributed by atoms with van der Waals surface area (Å²) in [4.78, 5) is 12.0. The fraction of sp³-hybridized carbons (Fsp3) is 0.267. The maximum absolute atomic E-state index is 12.0. The van der Waals surface area contributed by atoms with Crippen LogP contribution in [0, 0.1) is 0 Å². The zero-order valence-electron chi connectivity index (χ0n) is 10.9. The topological polar surface area (TPSA) is 54.3 Å². The van der Waals surface area contributed by atoms with Gasteiger partial charge in [0, 0.05) is 13.2 Å². The molecule has 2 N–H and O–H groups in total. The highest BCUT2D eigenvalue weighted by atomic mass is 16.3. The van der Waals surface area contributed by atoms with Gasteiger partial charge >= 0.3 is 0 Å². The minimum atomic E-state index is -0.273. The number of aromatic nitrogens is 1. The molecule has 2 aromatic rings. The van der Waals surface area contributed by atoms with Crippen molar-refractivity contribution in [2.75, 3.05) is 6.61 Å². The number of rotatable bonds is 5. The van der Waals surface area contributed by atoms with Gasteiger partial charge in [-0.3, -0.25) is 4.79 Å². The summed E-state index contributed by atoms with van der Waals surface area (Å²) in [5.74, 6) is -0.164. The van der Waals surface area contributed by atoms with Crippen molar-refractivity contribution in [3.63, 3.8) is 0 Å². The van der Waals surface area contributed by atoms with Crippen LogP contribution in [-0.2, 0) is 13.5 Å². The number of aliphatic hydroxyl groups is 1. The van der Waals surface area contributed by atoms with Crippen LogP contribution in [0.2, 0.25) is 0 Å². The molecule has 2 rings (SSSR count). The maximum atomic E-state index is 12.0. The average molecular weight is 258 g/mol. The van der Waals surface area contributed by atoms with E-state index in [-0.39, 0.29) is 18.6 Å². The predicted molar refractivity (Wildman–Crippen MR) is 73.9 cm³/mol. The maximum Gasteiger partial charge on any atom is 0.268 e. The molecule has 0 saturated heterocycles. The molecule has 0 radical (unpaired) electrons. The smallest absolute Gasteiger partial charge is 0.268 e. The predicted octanol–water partition coefficient (Wildman–Crippen LogP) is 1.36. The molecule has 19 heavy (non-hydrogen) atoms. The number of aliphatic hydroxyl groups excluding tert-OH is 1. The first kappa shape index (κ1) is 13.4. The van der Waals surface area contributed by atoms with E-state index in [9.17, 15) is 9.90 Å². The molecule has 100 valence electrons. The Morgan fingerprint density at radius 2 is 2.00 bits per heavy atom. The van der Waals surface area contributed by atoms with Crippen molar-refractivity contribution < 1.29 is 9.90 Å². The second kappa shape index (κ2) is 6.20. The standard InChI is InChI=1S/C15H18N2O2/c1-17-9-5-8-14(17)15(19)16-13(11-18)10-12-6-3-2-4-7-12/h2-9,13,18H,10-11H2,1H3,(H,16,19)/t13-/m0/s1. The highest BCUT2D eigenvalue weighted by Gasteiger charge is 2.15. The van der Waals surface area contributed by atoms with Gasteiger partial charge in [-0.15, -0.1) is 0 Å². The Balaban J connectivity index is 2.00. The Morgan fingerprint density at radius 3 is 2.58 bits per heavy atom. The summed E-state index contributed by atoms with van der Waals surface area (Å²) < 4.78 is 1.76. The van der Waals surface area contributed by atoms with Crippen molar-refractivity contribution in [2.45, 2.75) is 12.5 Å². The number of nitrogens with zero attached hydrogens (tertiary/aromatic N) is 1. The summed E-state index contributed by atoms with van der Waals surface area (Å²) in [5, 5.41) is 12.2. The minimum absolute atomic E-state index is 0.0783. The molecule has 1 heterocycles. The van der Waals surface area contributed by atoms with Gasteiger partial charge in [0.1, 0.15) is 5.69 Å². The van der Waals surface area contributed by atoms with Gasteiger partial charge < -0.3 is 15.0 Å². The van der Waals surface area contributed by atoms with E-state index in [0.29, 0.717) is 12.1 Å². The van der Waals surface area contributed by atoms with Crippen molar-refractivity contribution in [1.29, 1.82) is 0 Å². The summed E-state index contributed by atoms with van der Waals surface area (Å²) in [6.45, 7) is -0.0783. The minimum Gasteiger partial charge on any atom is -0.394 e. The molecule has 0 aliphatic heterocycles. The monoisotopic (exact) mass is 258 g/mol. The average Bonchev–Trinajstić information content (AvgIpc) is 2.85. The molecule has 0 saturated carbocycles. The molecule has 0 unspecified atom stereocenters.